The van der Waals surface area contributed by atoms with Crippen molar-refractivity contribution in [3.63, 3.8) is 0 Å². The molecular formula is C26H32. The first-order valence-corrected chi connectivity index (χ1v) is 10.4. The van der Waals surface area contributed by atoms with Crippen molar-refractivity contribution in [2.45, 2.75) is 66.2 Å². The molecule has 0 heterocycles. The molecule has 0 spiro atoms. The van der Waals surface area contributed by atoms with Gasteiger partial charge in [0.15, 0.2) is 0 Å². The van der Waals surface area contributed by atoms with Gasteiger partial charge in [0.25, 0.3) is 0 Å². The van der Waals surface area contributed by atoms with Crippen molar-refractivity contribution in [2.24, 2.45) is 11.8 Å². The Morgan fingerprint density at radius 2 is 1.85 bits per heavy atom. The van der Waals surface area contributed by atoms with E-state index >= 15 is 0 Å². The molecule has 1 aromatic carbocycles. The van der Waals surface area contributed by atoms with E-state index in [0.29, 0.717) is 11.8 Å². The van der Waals surface area contributed by atoms with Gasteiger partial charge in [-0.05, 0) is 86.1 Å². The fourth-order valence-corrected chi connectivity index (χ4v) is 5.31. The highest BCUT2D eigenvalue weighted by Crippen LogP contribution is 2.51. The summed E-state index contributed by atoms with van der Waals surface area (Å²) in [5, 5.41) is 0. The molecule has 3 aliphatic carbocycles. The van der Waals surface area contributed by atoms with Gasteiger partial charge in [-0.2, -0.15) is 0 Å². The number of aryl methyl sites for hydroxylation is 2. The number of benzene rings is 1. The van der Waals surface area contributed by atoms with E-state index in [9.17, 15) is 0 Å². The molecule has 0 radical (unpaired) electrons. The summed E-state index contributed by atoms with van der Waals surface area (Å²) < 4.78 is 0. The quantitative estimate of drug-likeness (QED) is 0.534. The second-order valence-corrected chi connectivity index (χ2v) is 8.70. The van der Waals surface area contributed by atoms with Crippen molar-refractivity contribution >= 4 is 5.57 Å². The third-order valence-electron chi connectivity index (χ3n) is 6.72. The van der Waals surface area contributed by atoms with Gasteiger partial charge in [0.05, 0.1) is 0 Å². The molecule has 3 aliphatic rings. The molecule has 3 atom stereocenters. The minimum atomic E-state index is 0.573. The lowest BCUT2D eigenvalue weighted by atomic mass is 9.66. The smallest absolute Gasteiger partial charge is 0.00242 e. The highest BCUT2D eigenvalue weighted by atomic mass is 14.4. The zero-order valence-electron chi connectivity index (χ0n) is 17.0. The van der Waals surface area contributed by atoms with Gasteiger partial charge in [-0.15, -0.1) is 0 Å². The van der Waals surface area contributed by atoms with Gasteiger partial charge in [0.2, 0.25) is 0 Å². The van der Waals surface area contributed by atoms with Crippen LogP contribution in [0.25, 0.3) is 5.57 Å². The molecule has 0 nitrogen and oxygen atoms in total. The van der Waals surface area contributed by atoms with Crippen molar-refractivity contribution in [2.75, 3.05) is 0 Å². The average Bonchev–Trinajstić information content (AvgIpc) is 2.56. The van der Waals surface area contributed by atoms with E-state index in [1.54, 1.807) is 27.8 Å². The predicted octanol–water partition coefficient (Wildman–Crippen LogP) is 7.44. The Kier molecular flexibility index (Phi) is 4.55. The molecule has 0 N–H and O–H groups in total. The fraction of sp³-hybridized carbons (Fsp3) is 0.462. The molecule has 0 heteroatoms. The Hall–Kier alpha value is -1.82. The average molecular weight is 345 g/mol. The van der Waals surface area contributed by atoms with Crippen LogP contribution in [-0.4, -0.2) is 0 Å². The molecule has 0 fully saturated rings. The first-order valence-electron chi connectivity index (χ1n) is 10.4. The van der Waals surface area contributed by atoms with Crippen LogP contribution in [0.5, 0.6) is 0 Å². The molecule has 3 unspecified atom stereocenters. The standard InChI is InChI=1S/C26H32/c1-6-20-11-12-22(20)26-23(21-9-7-16(2)8-10-21)15-19(5)25-18(4)13-17(3)14-24(25)26/h7-9,12-14,19-21H,6,10-11,15H2,1-5H3. The van der Waals surface area contributed by atoms with Gasteiger partial charge in [-0.1, -0.05) is 67.0 Å². The van der Waals surface area contributed by atoms with Gasteiger partial charge in [-0.25, -0.2) is 0 Å². The monoisotopic (exact) mass is 344 g/mol. The molecule has 4 rings (SSSR count). The summed E-state index contributed by atoms with van der Waals surface area (Å²) in [6.45, 7) is 11.6. The van der Waals surface area contributed by atoms with E-state index in [1.165, 1.54) is 36.0 Å². The van der Waals surface area contributed by atoms with Crippen LogP contribution in [0, 0.1) is 25.7 Å². The molecule has 26 heavy (non-hydrogen) atoms. The van der Waals surface area contributed by atoms with Crippen LogP contribution in [-0.2, 0) is 0 Å². The fourth-order valence-electron chi connectivity index (χ4n) is 5.31. The van der Waals surface area contributed by atoms with Gasteiger partial charge in [0.1, 0.15) is 0 Å². The number of fused-ring (bicyclic) bond motifs is 1. The lowest BCUT2D eigenvalue weighted by Gasteiger charge is -2.38. The van der Waals surface area contributed by atoms with Gasteiger partial charge < -0.3 is 0 Å². The zero-order chi connectivity index (χ0) is 18.4. The second-order valence-electron chi connectivity index (χ2n) is 8.70. The van der Waals surface area contributed by atoms with Crippen molar-refractivity contribution in [1.82, 2.24) is 0 Å². The van der Waals surface area contributed by atoms with E-state index in [-0.39, 0.29) is 0 Å². The lowest BCUT2D eigenvalue weighted by molar-refractivity contribution is 0.556. The van der Waals surface area contributed by atoms with Gasteiger partial charge in [0, 0.05) is 5.92 Å². The summed E-state index contributed by atoms with van der Waals surface area (Å²) >= 11 is 0. The maximum atomic E-state index is 2.51. The van der Waals surface area contributed by atoms with Crippen molar-refractivity contribution in [3.05, 3.63) is 75.4 Å². The van der Waals surface area contributed by atoms with E-state index in [0.717, 1.165) is 12.3 Å². The molecule has 0 aliphatic heterocycles. The molecular weight excluding hydrogens is 312 g/mol. The highest BCUT2D eigenvalue weighted by molar-refractivity contribution is 5.87. The summed E-state index contributed by atoms with van der Waals surface area (Å²) in [4.78, 5) is 0. The van der Waals surface area contributed by atoms with Crippen LogP contribution in [0.1, 0.15) is 74.6 Å². The third kappa shape index (κ3) is 2.84. The van der Waals surface area contributed by atoms with Gasteiger partial charge >= 0.3 is 0 Å². The zero-order valence-corrected chi connectivity index (χ0v) is 17.0. The maximum Gasteiger partial charge on any atom is 0.00242 e. The largest absolute Gasteiger partial charge is 0.0807 e. The predicted molar refractivity (Wildman–Crippen MR) is 113 cm³/mol. The number of allylic oxidation sites excluding steroid dienone is 8. The summed E-state index contributed by atoms with van der Waals surface area (Å²) in [5.74, 6) is 1.95. The van der Waals surface area contributed by atoms with Crippen LogP contribution in [0.2, 0.25) is 0 Å². The molecule has 0 saturated heterocycles. The molecule has 136 valence electrons. The van der Waals surface area contributed by atoms with Crippen LogP contribution in [0.4, 0.5) is 0 Å². The van der Waals surface area contributed by atoms with E-state index < -0.39 is 0 Å². The molecule has 0 bridgehead atoms. The normalized spacial score (nSPS) is 27.7. The van der Waals surface area contributed by atoms with E-state index in [4.69, 9.17) is 0 Å². The number of hydrogen-bond acceptors (Lipinski definition) is 0. The maximum absolute atomic E-state index is 2.51. The third-order valence-corrected chi connectivity index (χ3v) is 6.72. The Bertz CT molecular complexity index is 856. The first-order chi connectivity index (χ1) is 12.5. The Morgan fingerprint density at radius 3 is 2.46 bits per heavy atom. The van der Waals surface area contributed by atoms with Crippen molar-refractivity contribution < 1.29 is 0 Å². The Morgan fingerprint density at radius 1 is 1.04 bits per heavy atom. The summed E-state index contributed by atoms with van der Waals surface area (Å²) in [6.07, 6.45) is 14.6. The lowest BCUT2D eigenvalue weighted by Crippen LogP contribution is -2.22. The molecule has 0 aromatic heterocycles. The number of rotatable bonds is 3. The SMILES string of the molecule is CCC1CC=C1C1=C(C2C=CC(C)=CC2)CC(C)c2c(C)cc(C)cc21. The van der Waals surface area contributed by atoms with Gasteiger partial charge in [-0.3, -0.25) is 0 Å². The summed E-state index contributed by atoms with van der Waals surface area (Å²) in [6, 6.07) is 4.84. The Balaban J connectivity index is 1.91. The first kappa shape index (κ1) is 17.6. The molecule has 0 amide bonds. The number of hydrogen-bond donors (Lipinski definition) is 0. The van der Waals surface area contributed by atoms with E-state index in [2.05, 4.69) is 71.1 Å². The van der Waals surface area contributed by atoms with E-state index in [1.807, 2.05) is 0 Å². The molecule has 0 saturated carbocycles. The van der Waals surface area contributed by atoms with Crippen LogP contribution in [0.3, 0.4) is 0 Å². The summed E-state index contributed by atoms with van der Waals surface area (Å²) in [7, 11) is 0. The molecule has 1 aromatic rings. The summed E-state index contributed by atoms with van der Waals surface area (Å²) in [5.41, 5.74) is 12.4. The van der Waals surface area contributed by atoms with Crippen LogP contribution >= 0.6 is 0 Å². The topological polar surface area (TPSA) is 0 Å². The Labute approximate surface area is 159 Å². The van der Waals surface area contributed by atoms with Crippen molar-refractivity contribution in [3.8, 4) is 0 Å². The second kappa shape index (κ2) is 6.72. The van der Waals surface area contributed by atoms with Crippen LogP contribution in [0.15, 0.2) is 53.2 Å². The minimum Gasteiger partial charge on any atom is -0.0807 e. The minimum absolute atomic E-state index is 0.573. The van der Waals surface area contributed by atoms with Crippen molar-refractivity contribution in [1.29, 1.82) is 0 Å². The van der Waals surface area contributed by atoms with Crippen LogP contribution < -0.4 is 0 Å². The highest BCUT2D eigenvalue weighted by Gasteiger charge is 2.34.